The number of H-pyrrole nitrogens is 1. The molecule has 1 unspecified atom stereocenters. The number of methoxy groups -OCH3 is 1. The number of ketones is 1. The lowest BCUT2D eigenvalue weighted by atomic mass is 9.84. The molecule has 0 fully saturated rings. The molecule has 0 aliphatic heterocycles. The first-order valence-corrected chi connectivity index (χ1v) is 6.47. The molecule has 1 aromatic heterocycles. The largest absolute Gasteiger partial charge is 0.497 e. The minimum atomic E-state index is 0.0568. The number of nitrogens with one attached hydrogen (secondary N) is 1. The third kappa shape index (κ3) is 2.26. The zero-order valence-corrected chi connectivity index (χ0v) is 10.8. The lowest BCUT2D eigenvalue weighted by Crippen LogP contribution is -2.22. The van der Waals surface area contributed by atoms with E-state index in [4.69, 9.17) is 4.74 Å². The summed E-state index contributed by atoms with van der Waals surface area (Å²) in [5.74, 6) is 1.04. The van der Waals surface area contributed by atoms with E-state index in [9.17, 15) is 4.79 Å². The number of rotatable bonds is 3. The highest BCUT2D eigenvalue weighted by molar-refractivity contribution is 5.98. The molecule has 0 amide bonds. The van der Waals surface area contributed by atoms with Crippen molar-refractivity contribution in [2.24, 2.45) is 5.92 Å². The number of carbonyl (C=O) groups is 1. The number of ether oxygens (including phenoxy) is 1. The number of aromatic amines is 1. The smallest absolute Gasteiger partial charge is 0.166 e. The lowest BCUT2D eigenvalue weighted by molar-refractivity contribution is 0.0907. The highest BCUT2D eigenvalue weighted by Crippen LogP contribution is 2.26. The molecular weight excluding hydrogens is 240 g/mol. The van der Waals surface area contributed by atoms with Crippen LogP contribution in [0.1, 0.15) is 28.2 Å². The van der Waals surface area contributed by atoms with Gasteiger partial charge in [0.1, 0.15) is 5.75 Å². The molecule has 3 rings (SSSR count). The molecule has 1 aliphatic rings. The molecule has 0 bridgehead atoms. The molecule has 1 heterocycles. The van der Waals surface area contributed by atoms with Gasteiger partial charge in [-0.25, -0.2) is 4.98 Å². The van der Waals surface area contributed by atoms with Gasteiger partial charge in [0.25, 0.3) is 0 Å². The van der Waals surface area contributed by atoms with Gasteiger partial charge in [-0.15, -0.1) is 0 Å². The molecule has 1 aromatic carbocycles. The number of nitrogens with zero attached hydrogens (tertiary/aromatic N) is 1. The topological polar surface area (TPSA) is 55.0 Å². The van der Waals surface area contributed by atoms with Gasteiger partial charge in [0.2, 0.25) is 0 Å². The van der Waals surface area contributed by atoms with E-state index >= 15 is 0 Å². The quantitative estimate of drug-likeness (QED) is 0.858. The second-order valence-corrected chi connectivity index (χ2v) is 4.86. The van der Waals surface area contributed by atoms with Gasteiger partial charge in [-0.2, -0.15) is 0 Å². The van der Waals surface area contributed by atoms with Crippen LogP contribution in [0, 0.1) is 5.92 Å². The Bertz CT molecular complexity index is 586. The molecule has 98 valence electrons. The maximum Gasteiger partial charge on any atom is 0.166 e. The van der Waals surface area contributed by atoms with E-state index in [1.165, 1.54) is 0 Å². The average Bonchev–Trinajstić information content (AvgIpc) is 2.94. The molecule has 1 N–H and O–H groups in total. The van der Waals surface area contributed by atoms with E-state index < -0.39 is 0 Å². The first-order valence-electron chi connectivity index (χ1n) is 6.47. The van der Waals surface area contributed by atoms with E-state index in [0.717, 1.165) is 42.0 Å². The Morgan fingerprint density at radius 2 is 2.16 bits per heavy atom. The second kappa shape index (κ2) is 4.88. The molecule has 0 spiro atoms. The van der Waals surface area contributed by atoms with Crippen LogP contribution in [-0.2, 0) is 12.8 Å². The summed E-state index contributed by atoms with van der Waals surface area (Å²) in [5, 5.41) is 0. The summed E-state index contributed by atoms with van der Waals surface area (Å²) in [6.45, 7) is 0. The van der Waals surface area contributed by atoms with Gasteiger partial charge in [0.05, 0.1) is 19.1 Å². The molecule has 0 saturated heterocycles. The molecular formula is C15H16N2O2. The van der Waals surface area contributed by atoms with Gasteiger partial charge >= 0.3 is 0 Å². The predicted octanol–water partition coefficient (Wildman–Crippen LogP) is 2.41. The number of aromatic nitrogens is 2. The third-order valence-electron chi connectivity index (χ3n) is 3.73. The molecule has 0 radical (unpaired) electrons. The molecule has 4 nitrogen and oxygen atoms in total. The molecule has 1 aliphatic carbocycles. The van der Waals surface area contributed by atoms with Crippen LogP contribution >= 0.6 is 0 Å². The summed E-state index contributed by atoms with van der Waals surface area (Å²) in [6.07, 6.45) is 4.24. The molecule has 1 atom stereocenters. The second-order valence-electron chi connectivity index (χ2n) is 4.86. The van der Waals surface area contributed by atoms with Crippen molar-refractivity contribution in [3.8, 4) is 5.75 Å². The standard InChI is InChI=1S/C15H16N2O2/c1-19-12-5-2-10(3-6-12)15(18)11-4-7-13-14(8-11)17-9-16-13/h2-3,5-6,9,11H,4,7-8H2,1H3,(H,16,17). The highest BCUT2D eigenvalue weighted by Gasteiger charge is 2.26. The van der Waals surface area contributed by atoms with E-state index in [2.05, 4.69) is 9.97 Å². The number of imidazole rings is 1. The number of Topliss-reactive ketones (excluding diaryl/α,β-unsaturated/α-hetero) is 1. The van der Waals surface area contributed by atoms with Crippen LogP contribution in [0.5, 0.6) is 5.75 Å². The van der Waals surface area contributed by atoms with E-state index in [1.807, 2.05) is 24.3 Å². The summed E-state index contributed by atoms with van der Waals surface area (Å²) in [6, 6.07) is 7.34. The minimum Gasteiger partial charge on any atom is -0.497 e. The predicted molar refractivity (Wildman–Crippen MR) is 71.4 cm³/mol. The number of fused-ring (bicyclic) bond motifs is 1. The van der Waals surface area contributed by atoms with Gasteiger partial charge in [-0.3, -0.25) is 4.79 Å². The minimum absolute atomic E-state index is 0.0568. The molecule has 2 aromatic rings. The fraction of sp³-hybridized carbons (Fsp3) is 0.333. The summed E-state index contributed by atoms with van der Waals surface area (Å²) in [4.78, 5) is 19.8. The summed E-state index contributed by atoms with van der Waals surface area (Å²) >= 11 is 0. The SMILES string of the molecule is COc1ccc(C(=O)C2CCc3nc[nH]c3C2)cc1. The van der Waals surface area contributed by atoms with Crippen LogP contribution in [0.3, 0.4) is 0 Å². The first kappa shape index (κ1) is 12.0. The maximum atomic E-state index is 12.5. The normalized spacial score (nSPS) is 17.8. The maximum absolute atomic E-state index is 12.5. The van der Waals surface area contributed by atoms with Gasteiger partial charge < -0.3 is 9.72 Å². The van der Waals surface area contributed by atoms with Crippen molar-refractivity contribution in [2.75, 3.05) is 7.11 Å². The van der Waals surface area contributed by atoms with Crippen molar-refractivity contribution >= 4 is 5.78 Å². The average molecular weight is 256 g/mol. The third-order valence-corrected chi connectivity index (χ3v) is 3.73. The van der Waals surface area contributed by atoms with E-state index in [0.29, 0.717) is 0 Å². The molecule has 4 heteroatoms. The molecule has 19 heavy (non-hydrogen) atoms. The van der Waals surface area contributed by atoms with Crippen molar-refractivity contribution in [2.45, 2.75) is 19.3 Å². The molecule has 0 saturated carbocycles. The van der Waals surface area contributed by atoms with Gasteiger partial charge in [-0.1, -0.05) is 0 Å². The number of aryl methyl sites for hydroxylation is 1. The van der Waals surface area contributed by atoms with Gasteiger partial charge in [0.15, 0.2) is 5.78 Å². The highest BCUT2D eigenvalue weighted by atomic mass is 16.5. The van der Waals surface area contributed by atoms with E-state index in [1.54, 1.807) is 13.4 Å². The summed E-state index contributed by atoms with van der Waals surface area (Å²) in [7, 11) is 1.62. The fourth-order valence-corrected chi connectivity index (χ4v) is 2.62. The summed E-state index contributed by atoms with van der Waals surface area (Å²) < 4.78 is 5.11. The Labute approximate surface area is 111 Å². The Morgan fingerprint density at radius 1 is 1.37 bits per heavy atom. The van der Waals surface area contributed by atoms with Crippen LogP contribution in [-0.4, -0.2) is 22.9 Å². The number of hydrogen-bond donors (Lipinski definition) is 1. The van der Waals surface area contributed by atoms with Crippen molar-refractivity contribution in [3.05, 3.63) is 47.5 Å². The Morgan fingerprint density at radius 3 is 2.89 bits per heavy atom. The fourth-order valence-electron chi connectivity index (χ4n) is 2.62. The summed E-state index contributed by atoms with van der Waals surface area (Å²) in [5.41, 5.74) is 2.98. The van der Waals surface area contributed by atoms with Crippen molar-refractivity contribution in [3.63, 3.8) is 0 Å². The zero-order valence-electron chi connectivity index (χ0n) is 10.8. The number of hydrogen-bond acceptors (Lipinski definition) is 3. The first-order chi connectivity index (χ1) is 9.28. The zero-order chi connectivity index (χ0) is 13.2. The van der Waals surface area contributed by atoms with Crippen LogP contribution in [0.2, 0.25) is 0 Å². The van der Waals surface area contributed by atoms with Crippen LogP contribution in [0.25, 0.3) is 0 Å². The van der Waals surface area contributed by atoms with Crippen LogP contribution in [0.4, 0.5) is 0 Å². The van der Waals surface area contributed by atoms with Crippen molar-refractivity contribution < 1.29 is 9.53 Å². The number of benzene rings is 1. The Hall–Kier alpha value is -2.10. The Balaban J connectivity index is 1.77. The lowest BCUT2D eigenvalue weighted by Gasteiger charge is -2.20. The Kier molecular flexibility index (Phi) is 3.07. The van der Waals surface area contributed by atoms with Crippen LogP contribution < -0.4 is 4.74 Å². The van der Waals surface area contributed by atoms with Gasteiger partial charge in [0, 0.05) is 17.2 Å². The van der Waals surface area contributed by atoms with Gasteiger partial charge in [-0.05, 0) is 43.5 Å². The number of carbonyl (C=O) groups excluding carboxylic acids is 1. The van der Waals surface area contributed by atoms with E-state index in [-0.39, 0.29) is 11.7 Å². The van der Waals surface area contributed by atoms with Crippen molar-refractivity contribution in [1.29, 1.82) is 0 Å². The monoisotopic (exact) mass is 256 g/mol. The van der Waals surface area contributed by atoms with Crippen LogP contribution in [0.15, 0.2) is 30.6 Å². The van der Waals surface area contributed by atoms with Crippen molar-refractivity contribution in [1.82, 2.24) is 9.97 Å².